The summed E-state index contributed by atoms with van der Waals surface area (Å²) in [6.45, 7) is 8.30. The molecule has 0 bridgehead atoms. The van der Waals surface area contributed by atoms with Gasteiger partial charge in [0.15, 0.2) is 0 Å². The van der Waals surface area contributed by atoms with Crippen LogP contribution in [0.1, 0.15) is 36.1 Å². The van der Waals surface area contributed by atoms with Crippen LogP contribution in [0.3, 0.4) is 0 Å². The van der Waals surface area contributed by atoms with Crippen molar-refractivity contribution < 1.29 is 0 Å². The van der Waals surface area contributed by atoms with Crippen molar-refractivity contribution in [2.45, 2.75) is 39.8 Å². The topological polar surface area (TPSA) is 42.7 Å². The number of nitrogens with one attached hydrogen (secondary N) is 1. The lowest BCUT2D eigenvalue weighted by atomic mass is 9.99. The van der Waals surface area contributed by atoms with Crippen LogP contribution in [0, 0.1) is 13.8 Å². The second kappa shape index (κ2) is 6.48. The second-order valence-electron chi connectivity index (χ2n) is 4.98. The molecular formula is C15H22N4. The maximum absolute atomic E-state index is 4.20. The van der Waals surface area contributed by atoms with Crippen LogP contribution in [0.4, 0.5) is 0 Å². The number of aryl methyl sites for hydroxylation is 2. The minimum absolute atomic E-state index is 0.280. The second-order valence-corrected chi connectivity index (χ2v) is 4.98. The molecule has 2 rings (SSSR count). The number of hydrogen-bond acceptors (Lipinski definition) is 3. The molecule has 0 aliphatic rings. The molecule has 0 fully saturated rings. The highest BCUT2D eigenvalue weighted by atomic mass is 15.3. The first-order valence-corrected chi connectivity index (χ1v) is 6.83. The molecule has 0 aliphatic heterocycles. The zero-order chi connectivity index (χ0) is 13.7. The van der Waals surface area contributed by atoms with Gasteiger partial charge in [-0.1, -0.05) is 30.7 Å². The lowest BCUT2D eigenvalue weighted by molar-refractivity contribution is 0.437. The number of rotatable bonds is 6. The maximum Gasteiger partial charge on any atom is 0.137 e. The van der Waals surface area contributed by atoms with Gasteiger partial charge in [0.25, 0.3) is 0 Å². The van der Waals surface area contributed by atoms with Crippen LogP contribution in [0.15, 0.2) is 30.9 Å². The third kappa shape index (κ3) is 3.64. The van der Waals surface area contributed by atoms with Gasteiger partial charge in [-0.25, -0.2) is 4.98 Å². The summed E-state index contributed by atoms with van der Waals surface area (Å²) in [6.07, 6.45) is 4.47. The normalized spacial score (nSPS) is 12.6. The van der Waals surface area contributed by atoms with Gasteiger partial charge in [0.05, 0.1) is 12.6 Å². The van der Waals surface area contributed by atoms with Gasteiger partial charge in [-0.05, 0) is 37.9 Å². The van der Waals surface area contributed by atoms with E-state index in [-0.39, 0.29) is 6.04 Å². The Morgan fingerprint density at radius 1 is 1.32 bits per heavy atom. The Labute approximate surface area is 114 Å². The highest BCUT2D eigenvalue weighted by Crippen LogP contribution is 2.20. The summed E-state index contributed by atoms with van der Waals surface area (Å²) in [6, 6.07) is 6.90. The minimum atomic E-state index is 0.280. The summed E-state index contributed by atoms with van der Waals surface area (Å²) < 4.78 is 1.88. The quantitative estimate of drug-likeness (QED) is 0.866. The van der Waals surface area contributed by atoms with Crippen molar-refractivity contribution in [3.05, 3.63) is 47.5 Å². The van der Waals surface area contributed by atoms with Gasteiger partial charge in [0.2, 0.25) is 0 Å². The van der Waals surface area contributed by atoms with Crippen LogP contribution >= 0.6 is 0 Å². The largest absolute Gasteiger partial charge is 0.308 e. The predicted octanol–water partition coefficient (Wildman–Crippen LogP) is 2.64. The summed E-state index contributed by atoms with van der Waals surface area (Å²) in [5.74, 6) is 0. The van der Waals surface area contributed by atoms with E-state index in [4.69, 9.17) is 0 Å². The molecule has 1 aromatic carbocycles. The number of benzene rings is 1. The van der Waals surface area contributed by atoms with Gasteiger partial charge in [0.1, 0.15) is 12.7 Å². The summed E-state index contributed by atoms with van der Waals surface area (Å²) in [7, 11) is 0. The number of aromatic nitrogens is 3. The molecule has 0 spiro atoms. The van der Waals surface area contributed by atoms with Gasteiger partial charge in [-0.15, -0.1) is 0 Å². The molecule has 1 unspecified atom stereocenters. The van der Waals surface area contributed by atoms with Crippen LogP contribution < -0.4 is 5.32 Å². The molecule has 0 saturated heterocycles. The fourth-order valence-corrected chi connectivity index (χ4v) is 2.32. The average molecular weight is 258 g/mol. The summed E-state index contributed by atoms with van der Waals surface area (Å²) in [4.78, 5) is 4.01. The monoisotopic (exact) mass is 258 g/mol. The van der Waals surface area contributed by atoms with Crippen LogP contribution in [0.25, 0.3) is 0 Å². The smallest absolute Gasteiger partial charge is 0.137 e. The minimum Gasteiger partial charge on any atom is -0.308 e. The predicted molar refractivity (Wildman–Crippen MR) is 77.0 cm³/mol. The van der Waals surface area contributed by atoms with Crippen molar-refractivity contribution in [3.8, 4) is 0 Å². The summed E-state index contributed by atoms with van der Waals surface area (Å²) in [5, 5.41) is 7.80. The molecular weight excluding hydrogens is 236 g/mol. The van der Waals surface area contributed by atoms with Crippen LogP contribution in [-0.2, 0) is 6.54 Å². The van der Waals surface area contributed by atoms with Crippen LogP contribution in [0.5, 0.6) is 0 Å². The Balaban J connectivity index is 2.20. The zero-order valence-electron chi connectivity index (χ0n) is 11.9. The van der Waals surface area contributed by atoms with Crippen molar-refractivity contribution in [2.75, 3.05) is 6.54 Å². The molecule has 4 nitrogen and oxygen atoms in total. The van der Waals surface area contributed by atoms with Crippen molar-refractivity contribution >= 4 is 0 Å². The molecule has 0 amide bonds. The fraction of sp³-hybridized carbons (Fsp3) is 0.467. The van der Waals surface area contributed by atoms with E-state index in [0.29, 0.717) is 0 Å². The molecule has 102 valence electrons. The first-order valence-electron chi connectivity index (χ1n) is 6.83. The van der Waals surface area contributed by atoms with Crippen molar-refractivity contribution in [1.82, 2.24) is 20.1 Å². The fourth-order valence-electron chi connectivity index (χ4n) is 2.32. The zero-order valence-corrected chi connectivity index (χ0v) is 11.9. The molecule has 1 heterocycles. The Hall–Kier alpha value is -1.68. The van der Waals surface area contributed by atoms with E-state index in [0.717, 1.165) is 19.5 Å². The van der Waals surface area contributed by atoms with Gasteiger partial charge >= 0.3 is 0 Å². The Morgan fingerprint density at radius 3 is 2.79 bits per heavy atom. The molecule has 0 saturated carbocycles. The lowest BCUT2D eigenvalue weighted by Crippen LogP contribution is -2.27. The van der Waals surface area contributed by atoms with Gasteiger partial charge in [0, 0.05) is 0 Å². The van der Waals surface area contributed by atoms with Gasteiger partial charge < -0.3 is 5.32 Å². The van der Waals surface area contributed by atoms with E-state index in [9.17, 15) is 0 Å². The van der Waals surface area contributed by atoms with E-state index >= 15 is 0 Å². The van der Waals surface area contributed by atoms with Gasteiger partial charge in [-0.3, -0.25) is 4.68 Å². The maximum atomic E-state index is 4.20. The third-order valence-electron chi connectivity index (χ3n) is 3.28. The third-order valence-corrected chi connectivity index (χ3v) is 3.28. The van der Waals surface area contributed by atoms with E-state index in [1.165, 1.54) is 16.7 Å². The molecule has 1 aromatic heterocycles. The summed E-state index contributed by atoms with van der Waals surface area (Å²) in [5.41, 5.74) is 3.97. The first-order chi connectivity index (χ1) is 9.20. The van der Waals surface area contributed by atoms with E-state index in [2.05, 4.69) is 54.4 Å². The first kappa shape index (κ1) is 13.7. The number of nitrogens with zero attached hydrogens (tertiary/aromatic N) is 3. The van der Waals surface area contributed by atoms with E-state index < -0.39 is 0 Å². The highest BCUT2D eigenvalue weighted by Gasteiger charge is 2.14. The lowest BCUT2D eigenvalue weighted by Gasteiger charge is -2.21. The highest BCUT2D eigenvalue weighted by molar-refractivity contribution is 5.32. The Morgan fingerprint density at radius 2 is 2.16 bits per heavy atom. The average Bonchev–Trinajstić information content (AvgIpc) is 2.88. The molecule has 1 atom stereocenters. The Bertz CT molecular complexity index is 505. The molecule has 4 heteroatoms. The molecule has 2 aromatic rings. The van der Waals surface area contributed by atoms with Crippen molar-refractivity contribution in [1.29, 1.82) is 0 Å². The Kier molecular flexibility index (Phi) is 4.68. The molecule has 1 N–H and O–H groups in total. The van der Waals surface area contributed by atoms with Crippen molar-refractivity contribution in [3.63, 3.8) is 0 Å². The van der Waals surface area contributed by atoms with Crippen LogP contribution in [-0.4, -0.2) is 21.3 Å². The van der Waals surface area contributed by atoms with Gasteiger partial charge in [-0.2, -0.15) is 5.10 Å². The SMILES string of the molecule is CCCNC(Cn1cncn1)c1ccc(C)cc1C. The van der Waals surface area contributed by atoms with E-state index in [1.807, 2.05) is 4.68 Å². The summed E-state index contributed by atoms with van der Waals surface area (Å²) >= 11 is 0. The standard InChI is InChI=1S/C15H22N4/c1-4-7-17-15(9-19-11-16-10-18-19)14-6-5-12(2)8-13(14)3/h5-6,8,10-11,15,17H,4,7,9H2,1-3H3. The molecule has 19 heavy (non-hydrogen) atoms. The van der Waals surface area contributed by atoms with E-state index in [1.54, 1.807) is 12.7 Å². The van der Waals surface area contributed by atoms with Crippen LogP contribution in [0.2, 0.25) is 0 Å². The number of hydrogen-bond donors (Lipinski definition) is 1. The van der Waals surface area contributed by atoms with Crippen molar-refractivity contribution in [2.24, 2.45) is 0 Å². The molecule has 0 radical (unpaired) electrons. The molecule has 0 aliphatic carbocycles.